The molecule has 1 N–H and O–H groups in total. The predicted octanol–water partition coefficient (Wildman–Crippen LogP) is 4.24. The standard InChI is InChI=1S/C16H14ClFN2O/c1-2-13(21)16-15(10-3-6-12(18)7-4-10)19-14-8-5-11(17)9-20(14)16/h3-9,13,21H,2H2,1H3. The fourth-order valence-electron chi connectivity index (χ4n) is 2.37. The zero-order valence-corrected chi connectivity index (χ0v) is 12.2. The Hall–Kier alpha value is -1.91. The monoisotopic (exact) mass is 304 g/mol. The highest BCUT2D eigenvalue weighted by Crippen LogP contribution is 2.31. The minimum absolute atomic E-state index is 0.303. The molecular formula is C16H14ClFN2O. The number of nitrogens with zero attached hydrogens (tertiary/aromatic N) is 2. The molecule has 0 aliphatic carbocycles. The number of aliphatic hydroxyl groups is 1. The van der Waals surface area contributed by atoms with E-state index in [0.717, 1.165) is 5.56 Å². The average Bonchev–Trinajstić information content (AvgIpc) is 2.85. The largest absolute Gasteiger partial charge is 0.387 e. The zero-order chi connectivity index (χ0) is 15.0. The zero-order valence-electron chi connectivity index (χ0n) is 11.4. The summed E-state index contributed by atoms with van der Waals surface area (Å²) in [6.45, 7) is 1.89. The van der Waals surface area contributed by atoms with Gasteiger partial charge in [0.2, 0.25) is 0 Å². The van der Waals surface area contributed by atoms with E-state index in [9.17, 15) is 9.50 Å². The molecule has 2 heterocycles. The van der Waals surface area contributed by atoms with Crippen LogP contribution in [0.2, 0.25) is 5.02 Å². The Balaban J connectivity index is 2.28. The molecule has 3 aromatic rings. The molecule has 1 aromatic carbocycles. The summed E-state index contributed by atoms with van der Waals surface area (Å²) in [5.41, 5.74) is 2.77. The number of hydrogen-bond acceptors (Lipinski definition) is 2. The normalized spacial score (nSPS) is 12.8. The van der Waals surface area contributed by atoms with Crippen molar-refractivity contribution < 1.29 is 9.50 Å². The molecule has 0 aliphatic rings. The van der Waals surface area contributed by atoms with E-state index in [0.29, 0.717) is 28.5 Å². The second-order valence-electron chi connectivity index (χ2n) is 4.85. The first-order valence-electron chi connectivity index (χ1n) is 6.71. The van der Waals surface area contributed by atoms with Crippen molar-refractivity contribution in [2.75, 3.05) is 0 Å². The van der Waals surface area contributed by atoms with E-state index in [-0.39, 0.29) is 5.82 Å². The molecule has 1 atom stereocenters. The van der Waals surface area contributed by atoms with Gasteiger partial charge in [0.05, 0.1) is 22.5 Å². The lowest BCUT2D eigenvalue weighted by molar-refractivity contribution is 0.168. The number of hydrogen-bond donors (Lipinski definition) is 1. The summed E-state index contributed by atoms with van der Waals surface area (Å²) in [7, 11) is 0. The molecule has 0 saturated heterocycles. The van der Waals surface area contributed by atoms with E-state index in [2.05, 4.69) is 4.98 Å². The van der Waals surface area contributed by atoms with Crippen LogP contribution in [-0.2, 0) is 0 Å². The third-order valence-corrected chi connectivity index (χ3v) is 3.66. The van der Waals surface area contributed by atoms with E-state index in [1.165, 1.54) is 12.1 Å². The molecule has 1 unspecified atom stereocenters. The van der Waals surface area contributed by atoms with Crippen molar-refractivity contribution in [3.63, 3.8) is 0 Å². The Kier molecular flexibility index (Phi) is 3.66. The first kappa shape index (κ1) is 14.0. The smallest absolute Gasteiger partial charge is 0.137 e. The van der Waals surface area contributed by atoms with Crippen molar-refractivity contribution >= 4 is 17.2 Å². The lowest BCUT2D eigenvalue weighted by Gasteiger charge is -2.11. The van der Waals surface area contributed by atoms with E-state index >= 15 is 0 Å². The number of rotatable bonds is 3. The van der Waals surface area contributed by atoms with Gasteiger partial charge < -0.3 is 5.11 Å². The molecule has 0 saturated carbocycles. The maximum Gasteiger partial charge on any atom is 0.137 e. The van der Waals surface area contributed by atoms with Crippen LogP contribution in [0.15, 0.2) is 42.6 Å². The van der Waals surface area contributed by atoms with E-state index in [1.54, 1.807) is 34.9 Å². The number of benzene rings is 1. The van der Waals surface area contributed by atoms with Crippen LogP contribution in [0.4, 0.5) is 4.39 Å². The fraction of sp³-hybridized carbons (Fsp3) is 0.188. The topological polar surface area (TPSA) is 37.5 Å². The second-order valence-corrected chi connectivity index (χ2v) is 5.29. The van der Waals surface area contributed by atoms with Crippen molar-refractivity contribution in [2.24, 2.45) is 0 Å². The molecule has 0 aliphatic heterocycles. The molecule has 21 heavy (non-hydrogen) atoms. The highest BCUT2D eigenvalue weighted by atomic mass is 35.5. The number of imidazole rings is 1. The van der Waals surface area contributed by atoms with Gasteiger partial charge >= 0.3 is 0 Å². The Morgan fingerprint density at radius 1 is 1.24 bits per heavy atom. The van der Waals surface area contributed by atoms with Crippen molar-refractivity contribution in [1.29, 1.82) is 0 Å². The Bertz CT molecular complexity index is 783. The quantitative estimate of drug-likeness (QED) is 0.786. The summed E-state index contributed by atoms with van der Waals surface area (Å²) in [6.07, 6.45) is 1.61. The molecule has 5 heteroatoms. The fourth-order valence-corrected chi connectivity index (χ4v) is 2.53. The number of aliphatic hydroxyl groups excluding tert-OH is 1. The van der Waals surface area contributed by atoms with Gasteiger partial charge in [-0.2, -0.15) is 0 Å². The molecule has 2 aromatic heterocycles. The van der Waals surface area contributed by atoms with Crippen molar-refractivity contribution in [3.8, 4) is 11.3 Å². The number of halogens is 2. The molecular weight excluding hydrogens is 291 g/mol. The van der Waals surface area contributed by atoms with Gasteiger partial charge in [-0.05, 0) is 42.8 Å². The summed E-state index contributed by atoms with van der Waals surface area (Å²) in [6, 6.07) is 9.62. The summed E-state index contributed by atoms with van der Waals surface area (Å²) < 4.78 is 14.9. The van der Waals surface area contributed by atoms with Gasteiger partial charge in [0, 0.05) is 11.8 Å². The van der Waals surface area contributed by atoms with Crippen LogP contribution >= 0.6 is 11.6 Å². The molecule has 0 spiro atoms. The van der Waals surface area contributed by atoms with Crippen LogP contribution in [0.1, 0.15) is 25.1 Å². The van der Waals surface area contributed by atoms with Crippen LogP contribution in [0.3, 0.4) is 0 Å². The van der Waals surface area contributed by atoms with E-state index in [4.69, 9.17) is 11.6 Å². The molecule has 0 amide bonds. The van der Waals surface area contributed by atoms with Crippen LogP contribution in [0, 0.1) is 5.82 Å². The van der Waals surface area contributed by atoms with Crippen molar-refractivity contribution in [1.82, 2.24) is 9.38 Å². The molecule has 3 nitrogen and oxygen atoms in total. The highest BCUT2D eigenvalue weighted by molar-refractivity contribution is 6.30. The van der Waals surface area contributed by atoms with Gasteiger partial charge in [-0.3, -0.25) is 4.40 Å². The molecule has 0 fully saturated rings. The number of aromatic nitrogens is 2. The van der Waals surface area contributed by atoms with Crippen LogP contribution < -0.4 is 0 Å². The number of pyridine rings is 1. The molecule has 0 bridgehead atoms. The van der Waals surface area contributed by atoms with Gasteiger partial charge in [-0.15, -0.1) is 0 Å². The molecule has 0 radical (unpaired) electrons. The van der Waals surface area contributed by atoms with Crippen LogP contribution in [0.5, 0.6) is 0 Å². The lowest BCUT2D eigenvalue weighted by Crippen LogP contribution is -2.02. The maximum absolute atomic E-state index is 13.1. The molecule has 108 valence electrons. The summed E-state index contributed by atoms with van der Waals surface area (Å²) in [5, 5.41) is 10.9. The van der Waals surface area contributed by atoms with E-state index < -0.39 is 6.10 Å². The minimum Gasteiger partial charge on any atom is -0.387 e. The van der Waals surface area contributed by atoms with Crippen molar-refractivity contribution in [2.45, 2.75) is 19.4 Å². The predicted molar refractivity (Wildman–Crippen MR) is 80.8 cm³/mol. The van der Waals surface area contributed by atoms with Gasteiger partial charge in [-0.25, -0.2) is 9.37 Å². The van der Waals surface area contributed by atoms with Crippen LogP contribution in [0.25, 0.3) is 16.9 Å². The summed E-state index contributed by atoms with van der Waals surface area (Å²) >= 11 is 6.03. The summed E-state index contributed by atoms with van der Waals surface area (Å²) in [4.78, 5) is 4.54. The van der Waals surface area contributed by atoms with Gasteiger partial charge in [0.25, 0.3) is 0 Å². The van der Waals surface area contributed by atoms with Crippen molar-refractivity contribution in [3.05, 3.63) is 59.1 Å². The lowest BCUT2D eigenvalue weighted by atomic mass is 10.1. The van der Waals surface area contributed by atoms with Gasteiger partial charge in [0.1, 0.15) is 11.5 Å². The Morgan fingerprint density at radius 2 is 1.95 bits per heavy atom. The van der Waals surface area contributed by atoms with E-state index in [1.807, 2.05) is 6.92 Å². The third-order valence-electron chi connectivity index (χ3n) is 3.44. The number of fused-ring (bicyclic) bond motifs is 1. The molecule has 3 rings (SSSR count). The highest BCUT2D eigenvalue weighted by Gasteiger charge is 2.19. The Morgan fingerprint density at radius 3 is 2.62 bits per heavy atom. The van der Waals surface area contributed by atoms with Gasteiger partial charge in [0.15, 0.2) is 0 Å². The first-order chi connectivity index (χ1) is 10.1. The Labute approximate surface area is 126 Å². The maximum atomic E-state index is 13.1. The third kappa shape index (κ3) is 2.52. The SMILES string of the molecule is CCC(O)c1c(-c2ccc(F)cc2)nc2ccc(Cl)cn12. The van der Waals surface area contributed by atoms with Gasteiger partial charge in [-0.1, -0.05) is 18.5 Å². The first-order valence-corrected chi connectivity index (χ1v) is 7.09. The second kappa shape index (κ2) is 5.47. The van der Waals surface area contributed by atoms with Crippen LogP contribution in [-0.4, -0.2) is 14.5 Å². The summed E-state index contributed by atoms with van der Waals surface area (Å²) in [5.74, 6) is -0.303. The minimum atomic E-state index is -0.668. The average molecular weight is 305 g/mol.